The molecule has 1 heterocycles. The standard InChI is InChI=1S/C12H21NO2/c1-10(7-9-14-2)12(13)6-5-11-4-3-8-15-11/h3-4,8,10,12H,5-7,9,13H2,1-2H3. The van der Waals surface area contributed by atoms with Crippen LogP contribution in [0.2, 0.25) is 0 Å². The molecule has 0 spiro atoms. The molecule has 0 aromatic carbocycles. The van der Waals surface area contributed by atoms with E-state index in [2.05, 4.69) is 6.92 Å². The molecule has 1 aromatic rings. The lowest BCUT2D eigenvalue weighted by Crippen LogP contribution is -2.29. The minimum Gasteiger partial charge on any atom is -0.469 e. The Morgan fingerprint density at radius 1 is 1.47 bits per heavy atom. The number of furan rings is 1. The highest BCUT2D eigenvalue weighted by Gasteiger charge is 2.12. The minimum atomic E-state index is 0.227. The molecule has 2 unspecified atom stereocenters. The van der Waals surface area contributed by atoms with Gasteiger partial charge in [-0.3, -0.25) is 0 Å². The molecule has 2 N–H and O–H groups in total. The van der Waals surface area contributed by atoms with Crippen molar-refractivity contribution in [2.24, 2.45) is 11.7 Å². The average molecular weight is 211 g/mol. The Morgan fingerprint density at radius 2 is 2.27 bits per heavy atom. The Kier molecular flexibility index (Phi) is 5.43. The van der Waals surface area contributed by atoms with Crippen molar-refractivity contribution >= 4 is 0 Å². The maximum absolute atomic E-state index is 6.08. The van der Waals surface area contributed by atoms with Crippen molar-refractivity contribution in [3.05, 3.63) is 24.2 Å². The van der Waals surface area contributed by atoms with Crippen LogP contribution in [0.1, 0.15) is 25.5 Å². The third kappa shape index (κ3) is 4.49. The third-order valence-electron chi connectivity index (χ3n) is 2.81. The summed E-state index contributed by atoms with van der Waals surface area (Å²) in [5.74, 6) is 1.52. The van der Waals surface area contributed by atoms with Gasteiger partial charge in [0.1, 0.15) is 5.76 Å². The maximum atomic E-state index is 6.08. The number of rotatable bonds is 7. The molecule has 0 aliphatic rings. The molecule has 0 saturated heterocycles. The molecule has 1 rings (SSSR count). The van der Waals surface area contributed by atoms with E-state index in [0.717, 1.165) is 31.6 Å². The van der Waals surface area contributed by atoms with Crippen LogP contribution in [0, 0.1) is 5.92 Å². The number of aryl methyl sites for hydroxylation is 1. The van der Waals surface area contributed by atoms with E-state index in [1.165, 1.54) is 0 Å². The molecule has 0 aliphatic heterocycles. The molecule has 3 heteroatoms. The second kappa shape index (κ2) is 6.64. The van der Waals surface area contributed by atoms with Gasteiger partial charge in [-0.1, -0.05) is 6.92 Å². The van der Waals surface area contributed by atoms with Crippen molar-refractivity contribution in [1.29, 1.82) is 0 Å². The van der Waals surface area contributed by atoms with E-state index in [1.807, 2.05) is 12.1 Å². The van der Waals surface area contributed by atoms with Gasteiger partial charge in [0, 0.05) is 26.2 Å². The van der Waals surface area contributed by atoms with Crippen LogP contribution in [0.5, 0.6) is 0 Å². The largest absolute Gasteiger partial charge is 0.469 e. The monoisotopic (exact) mass is 211 g/mol. The predicted octanol–water partition coefficient (Wildman–Crippen LogP) is 2.21. The van der Waals surface area contributed by atoms with E-state index in [0.29, 0.717) is 5.92 Å². The molecule has 0 aliphatic carbocycles. The minimum absolute atomic E-state index is 0.227. The maximum Gasteiger partial charge on any atom is 0.103 e. The van der Waals surface area contributed by atoms with Crippen LogP contribution in [-0.4, -0.2) is 19.8 Å². The van der Waals surface area contributed by atoms with E-state index in [1.54, 1.807) is 13.4 Å². The van der Waals surface area contributed by atoms with Gasteiger partial charge in [-0.05, 0) is 30.9 Å². The van der Waals surface area contributed by atoms with Gasteiger partial charge >= 0.3 is 0 Å². The second-order valence-electron chi connectivity index (χ2n) is 4.04. The quantitative estimate of drug-likeness (QED) is 0.752. The number of hydrogen-bond donors (Lipinski definition) is 1. The molecule has 0 fully saturated rings. The van der Waals surface area contributed by atoms with Crippen molar-refractivity contribution in [1.82, 2.24) is 0 Å². The van der Waals surface area contributed by atoms with Crippen LogP contribution in [-0.2, 0) is 11.2 Å². The SMILES string of the molecule is COCCC(C)C(N)CCc1ccco1. The summed E-state index contributed by atoms with van der Waals surface area (Å²) in [6.07, 6.45) is 4.62. The van der Waals surface area contributed by atoms with Gasteiger partial charge in [0.25, 0.3) is 0 Å². The molecule has 15 heavy (non-hydrogen) atoms. The fraction of sp³-hybridized carbons (Fsp3) is 0.667. The van der Waals surface area contributed by atoms with Gasteiger partial charge in [0.15, 0.2) is 0 Å². The summed E-state index contributed by atoms with van der Waals surface area (Å²) >= 11 is 0. The zero-order chi connectivity index (χ0) is 11.1. The zero-order valence-electron chi connectivity index (χ0n) is 9.61. The van der Waals surface area contributed by atoms with Gasteiger partial charge in [0.2, 0.25) is 0 Å². The van der Waals surface area contributed by atoms with Crippen molar-refractivity contribution in [3.63, 3.8) is 0 Å². The number of nitrogens with two attached hydrogens (primary N) is 1. The fourth-order valence-corrected chi connectivity index (χ4v) is 1.57. The number of methoxy groups -OCH3 is 1. The molecule has 0 radical (unpaired) electrons. The van der Waals surface area contributed by atoms with E-state index in [4.69, 9.17) is 14.9 Å². The molecule has 86 valence electrons. The topological polar surface area (TPSA) is 48.4 Å². The Balaban J connectivity index is 2.20. The summed E-state index contributed by atoms with van der Waals surface area (Å²) in [6, 6.07) is 4.13. The highest BCUT2D eigenvalue weighted by molar-refractivity contribution is 4.98. The lowest BCUT2D eigenvalue weighted by atomic mass is 9.95. The van der Waals surface area contributed by atoms with Gasteiger partial charge in [-0.2, -0.15) is 0 Å². The van der Waals surface area contributed by atoms with Crippen LogP contribution in [0.15, 0.2) is 22.8 Å². The average Bonchev–Trinajstić information content (AvgIpc) is 2.75. The van der Waals surface area contributed by atoms with E-state index < -0.39 is 0 Å². The zero-order valence-corrected chi connectivity index (χ0v) is 9.61. The van der Waals surface area contributed by atoms with Crippen LogP contribution in [0.25, 0.3) is 0 Å². The molecular formula is C12H21NO2. The fourth-order valence-electron chi connectivity index (χ4n) is 1.57. The second-order valence-corrected chi connectivity index (χ2v) is 4.04. The first-order valence-electron chi connectivity index (χ1n) is 5.51. The van der Waals surface area contributed by atoms with E-state index >= 15 is 0 Å². The highest BCUT2D eigenvalue weighted by Crippen LogP contribution is 2.13. The molecule has 0 bridgehead atoms. The van der Waals surface area contributed by atoms with Crippen molar-refractivity contribution < 1.29 is 9.15 Å². The first-order chi connectivity index (χ1) is 7.24. The van der Waals surface area contributed by atoms with Crippen LogP contribution in [0.4, 0.5) is 0 Å². The molecular weight excluding hydrogens is 190 g/mol. The molecule has 1 aromatic heterocycles. The Hall–Kier alpha value is -0.800. The predicted molar refractivity (Wildman–Crippen MR) is 60.7 cm³/mol. The first kappa shape index (κ1) is 12.3. The Bertz CT molecular complexity index is 246. The highest BCUT2D eigenvalue weighted by atomic mass is 16.5. The van der Waals surface area contributed by atoms with Gasteiger partial charge < -0.3 is 14.9 Å². The summed E-state index contributed by atoms with van der Waals surface area (Å²) in [7, 11) is 1.72. The Morgan fingerprint density at radius 3 is 2.87 bits per heavy atom. The summed E-state index contributed by atoms with van der Waals surface area (Å²) in [4.78, 5) is 0. The number of hydrogen-bond acceptors (Lipinski definition) is 3. The molecule has 3 nitrogen and oxygen atoms in total. The first-order valence-corrected chi connectivity index (χ1v) is 5.51. The van der Waals surface area contributed by atoms with Crippen molar-refractivity contribution in [3.8, 4) is 0 Å². The van der Waals surface area contributed by atoms with E-state index in [-0.39, 0.29) is 6.04 Å². The van der Waals surface area contributed by atoms with Gasteiger partial charge in [-0.15, -0.1) is 0 Å². The van der Waals surface area contributed by atoms with E-state index in [9.17, 15) is 0 Å². The molecule has 2 atom stereocenters. The summed E-state index contributed by atoms with van der Waals surface area (Å²) in [5, 5.41) is 0. The van der Waals surface area contributed by atoms with Gasteiger partial charge in [0.05, 0.1) is 6.26 Å². The van der Waals surface area contributed by atoms with Crippen molar-refractivity contribution in [2.75, 3.05) is 13.7 Å². The lowest BCUT2D eigenvalue weighted by molar-refractivity contribution is 0.173. The number of ether oxygens (including phenoxy) is 1. The van der Waals surface area contributed by atoms with Crippen LogP contribution in [0.3, 0.4) is 0 Å². The summed E-state index contributed by atoms with van der Waals surface area (Å²) in [6.45, 7) is 2.96. The smallest absolute Gasteiger partial charge is 0.103 e. The van der Waals surface area contributed by atoms with Crippen LogP contribution >= 0.6 is 0 Å². The third-order valence-corrected chi connectivity index (χ3v) is 2.81. The Labute approximate surface area is 91.6 Å². The normalized spacial score (nSPS) is 15.1. The van der Waals surface area contributed by atoms with Crippen molar-refractivity contribution in [2.45, 2.75) is 32.2 Å². The molecule has 0 amide bonds. The lowest BCUT2D eigenvalue weighted by Gasteiger charge is -2.18. The molecule has 0 saturated carbocycles. The summed E-state index contributed by atoms with van der Waals surface area (Å²) < 4.78 is 10.3. The van der Waals surface area contributed by atoms with Gasteiger partial charge in [-0.25, -0.2) is 0 Å². The van der Waals surface area contributed by atoms with Crippen LogP contribution < -0.4 is 5.73 Å². The summed E-state index contributed by atoms with van der Waals surface area (Å²) in [5.41, 5.74) is 6.08.